The molecule has 0 amide bonds. The van der Waals surface area contributed by atoms with E-state index in [1.165, 1.54) is 89.9 Å². The lowest BCUT2D eigenvalue weighted by molar-refractivity contribution is 0.154. The van der Waals surface area contributed by atoms with Crippen LogP contribution in [0.3, 0.4) is 0 Å². The average molecular weight is 551 g/mol. The Kier molecular flexibility index (Phi) is 21.9. The van der Waals surface area contributed by atoms with Crippen LogP contribution in [0.1, 0.15) is 188 Å². The van der Waals surface area contributed by atoms with Crippen molar-refractivity contribution in [3.05, 3.63) is 0 Å². The van der Waals surface area contributed by atoms with Crippen LogP contribution in [0, 0.1) is 64.6 Å². The molecule has 0 aromatic rings. The summed E-state index contributed by atoms with van der Waals surface area (Å²) in [6, 6.07) is 0. The molecule has 0 aliphatic heterocycles. The number of hydrogen-bond acceptors (Lipinski definition) is 0. The van der Waals surface area contributed by atoms with E-state index in [0.29, 0.717) is 5.41 Å². The third-order valence-electron chi connectivity index (χ3n) is 10.6. The second kappa shape index (κ2) is 20.8. The molecule has 238 valence electrons. The lowest BCUT2D eigenvalue weighted by Gasteiger charge is -2.35. The van der Waals surface area contributed by atoms with Gasteiger partial charge in [-0.05, 0) is 122 Å². The zero-order chi connectivity index (χ0) is 28.2. The van der Waals surface area contributed by atoms with Gasteiger partial charge in [-0.25, -0.2) is 0 Å². The molecule has 0 heterocycles. The van der Waals surface area contributed by atoms with Crippen LogP contribution < -0.4 is 0 Å². The van der Waals surface area contributed by atoms with E-state index >= 15 is 0 Å². The molecule has 2 unspecified atom stereocenters. The summed E-state index contributed by atoms with van der Waals surface area (Å²) >= 11 is 0. The smallest absolute Gasteiger partial charge is 0.0272 e. The molecule has 2 atom stereocenters. The van der Waals surface area contributed by atoms with E-state index in [1.54, 1.807) is 0 Å². The summed E-state index contributed by atoms with van der Waals surface area (Å²) in [5.41, 5.74) is 0.716. The van der Waals surface area contributed by atoms with Crippen LogP contribution in [0.5, 0.6) is 0 Å². The predicted molar refractivity (Wildman–Crippen MR) is 184 cm³/mol. The monoisotopic (exact) mass is 551 g/mol. The maximum Gasteiger partial charge on any atom is -0.0272 e. The van der Waals surface area contributed by atoms with E-state index in [0.717, 1.165) is 59.2 Å². The van der Waals surface area contributed by atoms with Crippen LogP contribution in [0.4, 0.5) is 0 Å². The van der Waals surface area contributed by atoms with Gasteiger partial charge >= 0.3 is 0 Å². The standard InChI is InChI=1S/C13H26.2C12H24.2CH4/c1-10(2)9-12-5-7-13(8-6-12)11(3)4;1-9(2)7-11-5-6-12(8-11)10(3)4;1-10(2)9-12(11(3)4)7-5-6-8-12;;/h10-13H,5-9H2,1-4H3;9-12H,5-8H2,1-4H3;10-11H,5-9H2,1-4H3;2*1H4. The second-order valence-electron chi connectivity index (χ2n) is 16.3. The zero-order valence-electron chi connectivity index (χ0n) is 28.2. The summed E-state index contributed by atoms with van der Waals surface area (Å²) in [7, 11) is 0. The van der Waals surface area contributed by atoms with Crippen LogP contribution >= 0.6 is 0 Å². The Morgan fingerprint density at radius 3 is 1.28 bits per heavy atom. The molecular formula is C39H82. The van der Waals surface area contributed by atoms with E-state index in [2.05, 4.69) is 83.1 Å². The van der Waals surface area contributed by atoms with Crippen molar-refractivity contribution in [3.8, 4) is 0 Å². The van der Waals surface area contributed by atoms with Crippen LogP contribution in [-0.2, 0) is 0 Å². The first kappa shape index (κ1) is 41.1. The molecule has 3 aliphatic carbocycles. The van der Waals surface area contributed by atoms with Gasteiger partial charge in [-0.1, -0.05) is 130 Å². The number of rotatable bonds is 9. The molecule has 0 aromatic carbocycles. The van der Waals surface area contributed by atoms with Gasteiger partial charge in [0.25, 0.3) is 0 Å². The van der Waals surface area contributed by atoms with Crippen LogP contribution in [0.25, 0.3) is 0 Å². The molecule has 3 fully saturated rings. The number of hydrogen-bond donors (Lipinski definition) is 0. The fraction of sp³-hybridized carbons (Fsp3) is 1.00. The van der Waals surface area contributed by atoms with Crippen molar-refractivity contribution in [1.82, 2.24) is 0 Å². The lowest BCUT2D eigenvalue weighted by Crippen LogP contribution is -2.25. The normalized spacial score (nSPS) is 26.3. The maximum absolute atomic E-state index is 2.41. The maximum atomic E-state index is 2.41. The largest absolute Gasteiger partial charge is 0.0776 e. The summed E-state index contributed by atoms with van der Waals surface area (Å²) in [6.45, 7) is 28.5. The summed E-state index contributed by atoms with van der Waals surface area (Å²) in [5, 5.41) is 0. The van der Waals surface area contributed by atoms with Crippen molar-refractivity contribution < 1.29 is 0 Å². The Hall–Kier alpha value is 0. The lowest BCUT2D eigenvalue weighted by atomic mass is 9.70. The van der Waals surface area contributed by atoms with Crippen molar-refractivity contribution in [2.24, 2.45) is 64.6 Å². The Morgan fingerprint density at radius 2 is 0.923 bits per heavy atom. The minimum Gasteiger partial charge on any atom is -0.0776 e. The highest BCUT2D eigenvalue weighted by molar-refractivity contribution is 4.87. The average Bonchev–Trinajstić information content (AvgIpc) is 3.44. The second-order valence-corrected chi connectivity index (χ2v) is 16.3. The molecule has 0 heteroatoms. The fourth-order valence-electron chi connectivity index (χ4n) is 8.27. The Labute approximate surface area is 252 Å². The van der Waals surface area contributed by atoms with Gasteiger partial charge in [0.15, 0.2) is 0 Å². The molecule has 3 saturated carbocycles. The zero-order valence-corrected chi connectivity index (χ0v) is 28.2. The van der Waals surface area contributed by atoms with E-state index in [1.807, 2.05) is 0 Å². The first-order valence-corrected chi connectivity index (χ1v) is 17.3. The van der Waals surface area contributed by atoms with Gasteiger partial charge in [0.2, 0.25) is 0 Å². The molecule has 0 aromatic heterocycles. The fourth-order valence-corrected chi connectivity index (χ4v) is 8.27. The van der Waals surface area contributed by atoms with E-state index in [9.17, 15) is 0 Å². The van der Waals surface area contributed by atoms with Crippen molar-refractivity contribution in [3.63, 3.8) is 0 Å². The van der Waals surface area contributed by atoms with Crippen LogP contribution in [0.15, 0.2) is 0 Å². The van der Waals surface area contributed by atoms with Crippen molar-refractivity contribution >= 4 is 0 Å². The molecular weight excluding hydrogens is 468 g/mol. The molecule has 0 saturated heterocycles. The molecule has 0 bridgehead atoms. The SMILES string of the molecule is C.C.CC(C)CC1(C(C)C)CCCC1.CC(C)CC1CCC(C(C)C)C1.CC(C)CC1CCC(C(C)C)CC1. The summed E-state index contributed by atoms with van der Waals surface area (Å²) in [6.07, 6.45) is 20.8. The van der Waals surface area contributed by atoms with Gasteiger partial charge in [-0.15, -0.1) is 0 Å². The highest BCUT2D eigenvalue weighted by atomic mass is 14.4. The van der Waals surface area contributed by atoms with Crippen molar-refractivity contribution in [2.45, 2.75) is 188 Å². The van der Waals surface area contributed by atoms with E-state index in [-0.39, 0.29) is 14.9 Å². The topological polar surface area (TPSA) is 0 Å². The van der Waals surface area contributed by atoms with Gasteiger partial charge in [0.1, 0.15) is 0 Å². The molecule has 39 heavy (non-hydrogen) atoms. The summed E-state index contributed by atoms with van der Waals surface area (Å²) in [5.74, 6) is 9.58. The first-order valence-electron chi connectivity index (χ1n) is 17.3. The van der Waals surface area contributed by atoms with Gasteiger partial charge < -0.3 is 0 Å². The van der Waals surface area contributed by atoms with E-state index in [4.69, 9.17) is 0 Å². The van der Waals surface area contributed by atoms with Gasteiger partial charge in [0.05, 0.1) is 0 Å². The minimum absolute atomic E-state index is 0. The van der Waals surface area contributed by atoms with Crippen LogP contribution in [0.2, 0.25) is 0 Å². The van der Waals surface area contributed by atoms with Gasteiger partial charge in [-0.2, -0.15) is 0 Å². The predicted octanol–water partition coefficient (Wildman–Crippen LogP) is 14.1. The third kappa shape index (κ3) is 16.3. The Balaban J connectivity index is 0. The first-order chi connectivity index (χ1) is 17.3. The third-order valence-corrected chi connectivity index (χ3v) is 10.6. The molecule has 0 nitrogen and oxygen atoms in total. The Bertz CT molecular complexity index is 536. The van der Waals surface area contributed by atoms with Gasteiger partial charge in [0, 0.05) is 0 Å². The highest BCUT2D eigenvalue weighted by Gasteiger charge is 2.36. The van der Waals surface area contributed by atoms with Gasteiger partial charge in [-0.3, -0.25) is 0 Å². The Morgan fingerprint density at radius 1 is 0.513 bits per heavy atom. The molecule has 0 N–H and O–H groups in total. The summed E-state index contributed by atoms with van der Waals surface area (Å²) < 4.78 is 0. The minimum atomic E-state index is 0. The molecule has 0 radical (unpaired) electrons. The van der Waals surface area contributed by atoms with Crippen molar-refractivity contribution in [2.75, 3.05) is 0 Å². The molecule has 3 rings (SSSR count). The van der Waals surface area contributed by atoms with Crippen LogP contribution in [-0.4, -0.2) is 0 Å². The van der Waals surface area contributed by atoms with E-state index < -0.39 is 0 Å². The molecule has 0 spiro atoms. The van der Waals surface area contributed by atoms with Crippen molar-refractivity contribution in [1.29, 1.82) is 0 Å². The molecule has 3 aliphatic rings. The highest BCUT2D eigenvalue weighted by Crippen LogP contribution is 2.48. The summed E-state index contributed by atoms with van der Waals surface area (Å²) in [4.78, 5) is 0. The quantitative estimate of drug-likeness (QED) is 0.268.